The number of nitrogens with two attached hydrogens (primary N) is 1. The summed E-state index contributed by atoms with van der Waals surface area (Å²) in [6.07, 6.45) is 2.99. The first kappa shape index (κ1) is 16.0. The second kappa shape index (κ2) is 8.96. The van der Waals surface area contributed by atoms with Gasteiger partial charge in [0.15, 0.2) is 0 Å². The molecule has 20 heavy (non-hydrogen) atoms. The maximum absolute atomic E-state index is 11.1. The Labute approximate surface area is 119 Å². The molecule has 0 saturated heterocycles. The molecule has 0 fully saturated rings. The number of benzene rings is 1. The maximum atomic E-state index is 11.1. The summed E-state index contributed by atoms with van der Waals surface area (Å²) >= 11 is 0. The highest BCUT2D eigenvalue weighted by Gasteiger charge is 2.03. The number of carbonyl (C=O) groups is 2. The molecule has 1 aromatic carbocycles. The van der Waals surface area contributed by atoms with Gasteiger partial charge in [0.1, 0.15) is 5.75 Å². The van der Waals surface area contributed by atoms with E-state index in [1.165, 1.54) is 0 Å². The normalized spacial score (nSPS) is 10.1. The maximum Gasteiger partial charge on any atom is 0.305 e. The van der Waals surface area contributed by atoms with Crippen LogP contribution in [0.3, 0.4) is 0 Å². The molecule has 0 bridgehead atoms. The average molecular weight is 279 g/mol. The standard InChI is InChI=1S/C15H21NO4/c1-2-19-14(17)9-4-3-5-10-20-13-8-6-7-12(11-13)15(16)18/h6-8,11H,2-5,9-10H2,1H3,(H2,16,18). The molecule has 0 spiro atoms. The van der Waals surface area contributed by atoms with E-state index in [0.29, 0.717) is 30.9 Å². The Bertz CT molecular complexity index is 445. The smallest absolute Gasteiger partial charge is 0.305 e. The minimum absolute atomic E-state index is 0.150. The summed E-state index contributed by atoms with van der Waals surface area (Å²) < 4.78 is 10.4. The highest BCUT2D eigenvalue weighted by Crippen LogP contribution is 2.13. The highest BCUT2D eigenvalue weighted by molar-refractivity contribution is 5.93. The Morgan fingerprint density at radius 2 is 2.00 bits per heavy atom. The summed E-state index contributed by atoms with van der Waals surface area (Å²) in [6.45, 7) is 2.77. The van der Waals surface area contributed by atoms with Crippen molar-refractivity contribution in [3.8, 4) is 5.75 Å². The number of hydrogen-bond donors (Lipinski definition) is 1. The Morgan fingerprint density at radius 1 is 1.20 bits per heavy atom. The molecule has 0 heterocycles. The lowest BCUT2D eigenvalue weighted by Crippen LogP contribution is -2.10. The van der Waals surface area contributed by atoms with Crippen LogP contribution in [0.2, 0.25) is 0 Å². The SMILES string of the molecule is CCOC(=O)CCCCCOc1cccc(C(N)=O)c1. The van der Waals surface area contributed by atoms with Gasteiger partial charge in [-0.3, -0.25) is 9.59 Å². The van der Waals surface area contributed by atoms with Crippen molar-refractivity contribution in [2.24, 2.45) is 5.73 Å². The molecule has 2 N–H and O–H groups in total. The van der Waals surface area contributed by atoms with Gasteiger partial charge >= 0.3 is 5.97 Å². The van der Waals surface area contributed by atoms with Crippen LogP contribution in [0.5, 0.6) is 5.75 Å². The van der Waals surface area contributed by atoms with Crippen molar-refractivity contribution in [3.63, 3.8) is 0 Å². The zero-order valence-corrected chi connectivity index (χ0v) is 11.8. The van der Waals surface area contributed by atoms with Crippen LogP contribution in [-0.4, -0.2) is 25.1 Å². The van der Waals surface area contributed by atoms with Crippen molar-refractivity contribution in [1.82, 2.24) is 0 Å². The minimum Gasteiger partial charge on any atom is -0.494 e. The van der Waals surface area contributed by atoms with Crippen LogP contribution in [0.15, 0.2) is 24.3 Å². The van der Waals surface area contributed by atoms with Gasteiger partial charge in [-0.1, -0.05) is 6.07 Å². The molecule has 1 rings (SSSR count). The van der Waals surface area contributed by atoms with E-state index in [1.807, 2.05) is 0 Å². The molecule has 1 amide bonds. The van der Waals surface area contributed by atoms with E-state index in [9.17, 15) is 9.59 Å². The number of ether oxygens (including phenoxy) is 2. The number of carbonyl (C=O) groups excluding carboxylic acids is 2. The molecule has 0 unspecified atom stereocenters. The highest BCUT2D eigenvalue weighted by atomic mass is 16.5. The summed E-state index contributed by atoms with van der Waals surface area (Å²) in [5.74, 6) is 0.0131. The van der Waals surface area contributed by atoms with Crippen molar-refractivity contribution in [1.29, 1.82) is 0 Å². The van der Waals surface area contributed by atoms with Gasteiger partial charge in [-0.05, 0) is 44.4 Å². The predicted molar refractivity (Wildman–Crippen MR) is 75.6 cm³/mol. The Balaban J connectivity index is 2.17. The second-order valence-corrected chi connectivity index (χ2v) is 4.36. The van der Waals surface area contributed by atoms with Crippen molar-refractivity contribution >= 4 is 11.9 Å². The summed E-state index contributed by atoms with van der Waals surface area (Å²) in [7, 11) is 0. The van der Waals surface area contributed by atoms with E-state index in [4.69, 9.17) is 15.2 Å². The summed E-state index contributed by atoms with van der Waals surface area (Å²) in [5, 5.41) is 0. The predicted octanol–water partition coefficient (Wildman–Crippen LogP) is 2.29. The summed E-state index contributed by atoms with van der Waals surface area (Å²) in [4.78, 5) is 22.1. The third kappa shape index (κ3) is 6.22. The van der Waals surface area contributed by atoms with Crippen LogP contribution in [0.25, 0.3) is 0 Å². The van der Waals surface area contributed by atoms with Crippen LogP contribution < -0.4 is 10.5 Å². The van der Waals surface area contributed by atoms with E-state index in [0.717, 1.165) is 19.3 Å². The molecule has 0 radical (unpaired) electrons. The quantitative estimate of drug-likeness (QED) is 0.555. The third-order valence-corrected chi connectivity index (χ3v) is 2.72. The largest absolute Gasteiger partial charge is 0.494 e. The van der Waals surface area contributed by atoms with E-state index in [2.05, 4.69) is 0 Å². The lowest BCUT2D eigenvalue weighted by Gasteiger charge is -2.07. The Morgan fingerprint density at radius 3 is 2.70 bits per heavy atom. The Kier molecular flexibility index (Phi) is 7.17. The van der Waals surface area contributed by atoms with Crippen molar-refractivity contribution in [2.75, 3.05) is 13.2 Å². The number of amides is 1. The number of rotatable bonds is 9. The van der Waals surface area contributed by atoms with Crippen LogP contribution >= 0.6 is 0 Å². The molecule has 0 aliphatic heterocycles. The molecule has 0 atom stereocenters. The van der Waals surface area contributed by atoms with Crippen LogP contribution in [0.4, 0.5) is 0 Å². The van der Waals surface area contributed by atoms with Crippen LogP contribution in [0, 0.1) is 0 Å². The number of primary amides is 1. The lowest BCUT2D eigenvalue weighted by molar-refractivity contribution is -0.143. The van der Waals surface area contributed by atoms with Gasteiger partial charge in [0, 0.05) is 12.0 Å². The first-order chi connectivity index (χ1) is 9.63. The van der Waals surface area contributed by atoms with Crippen molar-refractivity contribution in [2.45, 2.75) is 32.6 Å². The van der Waals surface area contributed by atoms with E-state index < -0.39 is 5.91 Å². The fourth-order valence-electron chi connectivity index (χ4n) is 1.71. The van der Waals surface area contributed by atoms with Crippen LogP contribution in [-0.2, 0) is 9.53 Å². The first-order valence-electron chi connectivity index (χ1n) is 6.81. The molecular formula is C15H21NO4. The molecule has 0 aliphatic rings. The van der Waals surface area contributed by atoms with Gasteiger partial charge in [-0.2, -0.15) is 0 Å². The fraction of sp³-hybridized carbons (Fsp3) is 0.467. The summed E-state index contributed by atoms with van der Waals surface area (Å²) in [5.41, 5.74) is 5.63. The van der Waals surface area contributed by atoms with Gasteiger partial charge in [0.25, 0.3) is 0 Å². The molecule has 5 heteroatoms. The van der Waals surface area contributed by atoms with E-state index in [-0.39, 0.29) is 5.97 Å². The zero-order valence-electron chi connectivity index (χ0n) is 11.8. The molecular weight excluding hydrogens is 258 g/mol. The number of hydrogen-bond acceptors (Lipinski definition) is 4. The van der Waals surface area contributed by atoms with E-state index >= 15 is 0 Å². The van der Waals surface area contributed by atoms with Crippen molar-refractivity contribution in [3.05, 3.63) is 29.8 Å². The van der Waals surface area contributed by atoms with E-state index in [1.54, 1.807) is 31.2 Å². The number of esters is 1. The molecule has 0 aromatic heterocycles. The topological polar surface area (TPSA) is 78.6 Å². The monoisotopic (exact) mass is 279 g/mol. The minimum atomic E-state index is -0.468. The zero-order chi connectivity index (χ0) is 14.8. The molecule has 0 aliphatic carbocycles. The average Bonchev–Trinajstić information content (AvgIpc) is 2.43. The first-order valence-corrected chi connectivity index (χ1v) is 6.81. The molecule has 1 aromatic rings. The van der Waals surface area contributed by atoms with Crippen LogP contribution in [0.1, 0.15) is 43.0 Å². The van der Waals surface area contributed by atoms with Gasteiger partial charge in [-0.25, -0.2) is 0 Å². The summed E-state index contributed by atoms with van der Waals surface area (Å²) in [6, 6.07) is 6.79. The van der Waals surface area contributed by atoms with Crippen molar-refractivity contribution < 1.29 is 19.1 Å². The second-order valence-electron chi connectivity index (χ2n) is 4.36. The fourth-order valence-corrected chi connectivity index (χ4v) is 1.71. The number of unbranched alkanes of at least 4 members (excludes halogenated alkanes) is 2. The Hall–Kier alpha value is -2.04. The molecule has 110 valence electrons. The van der Waals surface area contributed by atoms with Gasteiger partial charge in [0.2, 0.25) is 5.91 Å². The van der Waals surface area contributed by atoms with Gasteiger partial charge in [-0.15, -0.1) is 0 Å². The van der Waals surface area contributed by atoms with Gasteiger partial charge in [0.05, 0.1) is 13.2 Å². The molecule has 0 saturated carbocycles. The molecule has 5 nitrogen and oxygen atoms in total. The third-order valence-electron chi connectivity index (χ3n) is 2.72. The van der Waals surface area contributed by atoms with Gasteiger partial charge < -0.3 is 15.2 Å². The lowest BCUT2D eigenvalue weighted by atomic mass is 10.2.